The minimum Gasteiger partial charge on any atom is -0.479 e. The van der Waals surface area contributed by atoms with Gasteiger partial charge in [0.1, 0.15) is 36.6 Å². The average molecular weight is 595 g/mol. The summed E-state index contributed by atoms with van der Waals surface area (Å²) in [5, 5.41) is 49.7. The number of hydrogen-bond donors (Lipinski definition) is 9. The lowest BCUT2D eigenvalue weighted by molar-refractivity contribution is -0.336. The van der Waals surface area contributed by atoms with Crippen molar-refractivity contribution in [1.82, 2.24) is 4.72 Å². The predicted octanol–water partition coefficient (Wildman–Crippen LogP) is -6.25. The Labute approximate surface area is 201 Å². The smallest absolute Gasteiger partial charge is 0.397 e. The Balaban J connectivity index is 2.46. The van der Waals surface area contributed by atoms with Crippen molar-refractivity contribution in [3.05, 3.63) is 0 Å². The minimum atomic E-state index is -5.47. The summed E-state index contributed by atoms with van der Waals surface area (Å²) >= 11 is 0. The zero-order valence-corrected chi connectivity index (χ0v) is 19.6. The van der Waals surface area contributed by atoms with Gasteiger partial charge in [0.15, 0.2) is 24.8 Å². The fourth-order valence-electron chi connectivity index (χ4n) is 3.24. The van der Waals surface area contributed by atoms with Crippen molar-refractivity contribution in [1.29, 1.82) is 0 Å². The van der Waals surface area contributed by atoms with E-state index in [1.807, 2.05) is 0 Å². The van der Waals surface area contributed by atoms with Crippen molar-refractivity contribution in [3.63, 3.8) is 0 Å². The van der Waals surface area contributed by atoms with E-state index in [4.69, 9.17) is 33.0 Å². The molecule has 2 aliphatic rings. The van der Waals surface area contributed by atoms with Crippen LogP contribution in [0.25, 0.3) is 0 Å². The third-order valence-electron chi connectivity index (χ3n) is 4.67. The number of aliphatic carboxylic acids is 1. The number of carboxylic acids is 1. The van der Waals surface area contributed by atoms with E-state index in [-0.39, 0.29) is 0 Å². The first-order chi connectivity index (χ1) is 16.2. The molecule has 0 unspecified atom stereocenters. The van der Waals surface area contributed by atoms with Crippen LogP contribution < -0.4 is 4.72 Å². The summed E-state index contributed by atoms with van der Waals surface area (Å²) < 4.78 is 118. The van der Waals surface area contributed by atoms with Gasteiger partial charge in [0.05, 0.1) is 6.61 Å². The zero-order chi connectivity index (χ0) is 27.8. The number of ether oxygens (including phenoxy) is 3. The molecule has 24 heteroatoms. The Morgan fingerprint density at radius 1 is 0.833 bits per heavy atom. The maximum Gasteiger partial charge on any atom is 0.397 e. The monoisotopic (exact) mass is 595 g/mol. The van der Waals surface area contributed by atoms with E-state index >= 15 is 0 Å². The summed E-state index contributed by atoms with van der Waals surface area (Å²) in [5.41, 5.74) is 0. The maximum absolute atomic E-state index is 11.3. The lowest BCUT2D eigenvalue weighted by Gasteiger charge is -2.46. The van der Waals surface area contributed by atoms with Crippen LogP contribution in [0.3, 0.4) is 0 Å². The van der Waals surface area contributed by atoms with Crippen LogP contribution in [0.4, 0.5) is 0 Å². The molecule has 9 N–H and O–H groups in total. The SMILES string of the molecule is O=C(O)[C@H]1O[C@@H](O[C@@H]2[C@H](O)[C@H](NS(=O)(=O)O)[C@@H](O)O[C@@H]2COS(=O)(=O)O)[C@H](OS(=O)(=O)O)[C@@H](O)[C@@H]1O. The predicted molar refractivity (Wildman–Crippen MR) is 102 cm³/mol. The third-order valence-corrected chi connectivity index (χ3v) is 6.14. The molecular weight excluding hydrogens is 574 g/mol. The molecule has 0 bridgehead atoms. The van der Waals surface area contributed by atoms with E-state index in [9.17, 15) is 50.5 Å². The molecule has 0 aromatic carbocycles. The fourth-order valence-corrected chi connectivity index (χ4v) is 4.63. The van der Waals surface area contributed by atoms with Gasteiger partial charge in [-0.15, -0.1) is 0 Å². The van der Waals surface area contributed by atoms with Crippen LogP contribution in [0.5, 0.6) is 0 Å². The number of aliphatic hydroxyl groups excluding tert-OH is 4. The number of rotatable bonds is 10. The highest BCUT2D eigenvalue weighted by Crippen LogP contribution is 2.31. The summed E-state index contributed by atoms with van der Waals surface area (Å²) in [7, 11) is -15.8. The molecule has 10 atom stereocenters. The van der Waals surface area contributed by atoms with E-state index < -0.39 is 105 Å². The van der Waals surface area contributed by atoms with Gasteiger partial charge in [0, 0.05) is 0 Å². The minimum absolute atomic E-state index is 1.29. The van der Waals surface area contributed by atoms with Crippen LogP contribution in [0, 0.1) is 0 Å². The topological polar surface area (TPSA) is 340 Å². The van der Waals surface area contributed by atoms with E-state index in [0.717, 1.165) is 0 Å². The molecule has 2 rings (SSSR count). The van der Waals surface area contributed by atoms with E-state index in [0.29, 0.717) is 0 Å². The Kier molecular flexibility index (Phi) is 9.71. The van der Waals surface area contributed by atoms with Crippen LogP contribution in [0.1, 0.15) is 0 Å². The third kappa shape index (κ3) is 8.41. The summed E-state index contributed by atoms with van der Waals surface area (Å²) in [5.74, 6) is -1.94. The number of hydrogen-bond acceptors (Lipinski definition) is 16. The molecule has 0 saturated carbocycles. The van der Waals surface area contributed by atoms with Crippen LogP contribution in [-0.2, 0) is 58.5 Å². The van der Waals surface area contributed by atoms with E-state index in [2.05, 4.69) is 8.37 Å². The Bertz CT molecular complexity index is 1100. The van der Waals surface area contributed by atoms with Crippen molar-refractivity contribution < 1.29 is 91.8 Å². The van der Waals surface area contributed by atoms with Crippen LogP contribution in [-0.4, -0.2) is 138 Å². The van der Waals surface area contributed by atoms with E-state index in [1.54, 1.807) is 0 Å². The molecule has 212 valence electrons. The average Bonchev–Trinajstić information content (AvgIpc) is 2.68. The van der Waals surface area contributed by atoms with Gasteiger partial charge >= 0.3 is 37.1 Å². The van der Waals surface area contributed by atoms with Crippen molar-refractivity contribution in [2.24, 2.45) is 0 Å². The van der Waals surface area contributed by atoms with Gasteiger partial charge in [-0.3, -0.25) is 13.7 Å². The van der Waals surface area contributed by atoms with Crippen LogP contribution >= 0.6 is 0 Å². The molecule has 0 aromatic heterocycles. The molecule has 0 radical (unpaired) electrons. The highest BCUT2D eigenvalue weighted by molar-refractivity contribution is 7.83. The molecule has 2 heterocycles. The second-order valence-electron chi connectivity index (χ2n) is 7.22. The molecule has 2 fully saturated rings. The molecule has 0 aromatic rings. The van der Waals surface area contributed by atoms with Gasteiger partial charge in [0.2, 0.25) is 0 Å². The van der Waals surface area contributed by atoms with Crippen molar-refractivity contribution in [3.8, 4) is 0 Å². The number of carbonyl (C=O) groups is 1. The fraction of sp³-hybridized carbons (Fsp3) is 0.917. The van der Waals surface area contributed by atoms with Gasteiger partial charge in [-0.1, -0.05) is 0 Å². The number of carboxylic acid groups (broad SMARTS) is 1. The van der Waals surface area contributed by atoms with Crippen LogP contribution in [0.2, 0.25) is 0 Å². The zero-order valence-electron chi connectivity index (χ0n) is 17.2. The summed E-state index contributed by atoms with van der Waals surface area (Å²) in [6.07, 6.45) is -21.1. The van der Waals surface area contributed by atoms with Crippen molar-refractivity contribution in [2.75, 3.05) is 6.61 Å². The van der Waals surface area contributed by atoms with Gasteiger partial charge in [-0.25, -0.2) is 13.2 Å². The summed E-state index contributed by atoms with van der Waals surface area (Å²) in [6, 6.07) is -2.19. The van der Waals surface area contributed by atoms with Crippen molar-refractivity contribution in [2.45, 2.75) is 61.3 Å². The lowest BCUT2D eigenvalue weighted by atomic mass is 9.96. The molecule has 0 amide bonds. The molecule has 2 saturated heterocycles. The first-order valence-electron chi connectivity index (χ1n) is 9.14. The molecule has 21 nitrogen and oxygen atoms in total. The number of nitrogens with one attached hydrogen (secondary N) is 1. The highest BCUT2D eigenvalue weighted by Gasteiger charge is 2.54. The Morgan fingerprint density at radius 2 is 1.42 bits per heavy atom. The van der Waals surface area contributed by atoms with E-state index in [1.165, 1.54) is 4.72 Å². The summed E-state index contributed by atoms with van der Waals surface area (Å²) in [6.45, 7) is -1.29. The molecule has 2 aliphatic heterocycles. The molecular formula is C12H21NO20S3. The second kappa shape index (κ2) is 11.3. The highest BCUT2D eigenvalue weighted by atomic mass is 32.3. The van der Waals surface area contributed by atoms with Gasteiger partial charge in [-0.2, -0.15) is 30.0 Å². The first-order valence-corrected chi connectivity index (χ1v) is 13.3. The van der Waals surface area contributed by atoms with Gasteiger partial charge < -0.3 is 39.7 Å². The quantitative estimate of drug-likeness (QED) is 0.106. The first kappa shape index (κ1) is 31.0. The maximum atomic E-state index is 11.3. The van der Waals surface area contributed by atoms with Crippen LogP contribution in [0.15, 0.2) is 0 Å². The summed E-state index contributed by atoms with van der Waals surface area (Å²) in [4.78, 5) is 11.3. The lowest BCUT2D eigenvalue weighted by Crippen LogP contribution is -2.67. The Hall–Kier alpha value is -1.20. The van der Waals surface area contributed by atoms with Crippen molar-refractivity contribution >= 4 is 37.1 Å². The Morgan fingerprint density at radius 3 is 1.89 bits per heavy atom. The van der Waals surface area contributed by atoms with Gasteiger partial charge in [0.25, 0.3) is 0 Å². The molecule has 0 spiro atoms. The standard InChI is InChI=1S/C12H21NO20S3/c14-4-3(13-34(20,21)22)11(19)30-2(1-29-35(23,24)25)7(4)31-12-9(33-36(26,27)28)6(16)5(15)8(32-12)10(17)18/h2-9,11-16,19H,1H2,(H,17,18)(H,20,21,22)(H,23,24,25)(H,26,27,28)/t2-,3+,4-,5+,6+,7+,8+,9-,11+,12-/m1/s1. The largest absolute Gasteiger partial charge is 0.479 e. The second-order valence-corrected chi connectivity index (χ2v) is 10.5. The molecule has 0 aliphatic carbocycles. The van der Waals surface area contributed by atoms with Gasteiger partial charge in [-0.05, 0) is 0 Å². The molecule has 36 heavy (non-hydrogen) atoms. The number of aliphatic hydroxyl groups is 4. The normalized spacial score (nSPS) is 38.5.